The van der Waals surface area contributed by atoms with Crippen molar-refractivity contribution in [2.75, 3.05) is 7.11 Å². The largest absolute Gasteiger partial charge is 0.464 e. The monoisotopic (exact) mass is 202 g/mol. The fourth-order valence-electron chi connectivity index (χ4n) is 0.872. The first-order chi connectivity index (χ1) is 6.11. The number of esters is 1. The number of aromatic nitrogens is 2. The smallest absolute Gasteiger partial charge is 0.359 e. The molecule has 0 aliphatic rings. The van der Waals surface area contributed by atoms with Crippen molar-refractivity contribution >= 4 is 23.9 Å². The fraction of sp³-hybridized carbons (Fsp3) is 0.286. The van der Waals surface area contributed by atoms with Crippen LogP contribution >= 0.6 is 11.6 Å². The molecule has 6 heteroatoms. The topological polar surface area (TPSA) is 61.2 Å². The molecular weight excluding hydrogens is 196 g/mol. The van der Waals surface area contributed by atoms with E-state index < -0.39 is 5.97 Å². The average Bonchev–Trinajstić information content (AvgIpc) is 2.42. The Balaban J connectivity index is 3.29. The molecule has 0 spiro atoms. The summed E-state index contributed by atoms with van der Waals surface area (Å²) in [5.41, 5.74) is -0.0129. The van der Waals surface area contributed by atoms with Crippen LogP contribution in [-0.2, 0) is 11.8 Å². The number of aryl methyl sites for hydroxylation is 1. The molecule has 5 nitrogen and oxygen atoms in total. The number of hydrogen-bond donors (Lipinski definition) is 0. The molecule has 0 unspecified atom stereocenters. The van der Waals surface area contributed by atoms with Crippen molar-refractivity contribution in [2.24, 2.45) is 7.05 Å². The van der Waals surface area contributed by atoms with Gasteiger partial charge in [0.25, 0.3) is 0 Å². The summed E-state index contributed by atoms with van der Waals surface area (Å²) >= 11 is 5.68. The van der Waals surface area contributed by atoms with Crippen LogP contribution in [0.4, 0.5) is 0 Å². The molecule has 13 heavy (non-hydrogen) atoms. The molecule has 0 aliphatic carbocycles. The number of ether oxygens (including phenoxy) is 1. The van der Waals surface area contributed by atoms with Crippen LogP contribution < -0.4 is 0 Å². The van der Waals surface area contributed by atoms with Crippen molar-refractivity contribution in [3.8, 4) is 0 Å². The van der Waals surface area contributed by atoms with Gasteiger partial charge in [0, 0.05) is 7.05 Å². The summed E-state index contributed by atoms with van der Waals surface area (Å²) in [6.07, 6.45) is 0.474. The molecule has 1 aromatic rings. The van der Waals surface area contributed by atoms with Crippen molar-refractivity contribution in [1.82, 2.24) is 9.78 Å². The Morgan fingerprint density at radius 1 is 1.69 bits per heavy atom. The Labute approximate surface area is 79.2 Å². The number of methoxy groups -OCH3 is 1. The minimum Gasteiger partial charge on any atom is -0.464 e. The van der Waals surface area contributed by atoms with Gasteiger partial charge >= 0.3 is 5.97 Å². The quantitative estimate of drug-likeness (QED) is 0.523. The van der Waals surface area contributed by atoms with Gasteiger partial charge in [0.05, 0.1) is 12.7 Å². The van der Waals surface area contributed by atoms with E-state index in [4.69, 9.17) is 11.6 Å². The van der Waals surface area contributed by atoms with E-state index in [1.54, 1.807) is 0 Å². The minimum atomic E-state index is -0.676. The van der Waals surface area contributed by atoms with Crippen LogP contribution in [0.3, 0.4) is 0 Å². The third kappa shape index (κ3) is 1.55. The van der Waals surface area contributed by atoms with E-state index in [9.17, 15) is 9.59 Å². The molecule has 0 fully saturated rings. The Bertz CT molecular complexity index is 359. The Morgan fingerprint density at radius 2 is 2.31 bits per heavy atom. The number of carbonyl (C=O) groups excluding carboxylic acids is 2. The third-order valence-corrected chi connectivity index (χ3v) is 1.96. The van der Waals surface area contributed by atoms with E-state index in [2.05, 4.69) is 9.84 Å². The number of carbonyl (C=O) groups is 2. The van der Waals surface area contributed by atoms with Crippen molar-refractivity contribution in [1.29, 1.82) is 0 Å². The molecule has 0 bridgehead atoms. The molecule has 0 aliphatic heterocycles. The SMILES string of the molecule is COC(=O)c1nn(C)c(Cl)c1C=O. The van der Waals surface area contributed by atoms with Crippen LogP contribution in [0, 0.1) is 0 Å². The predicted molar refractivity (Wildman–Crippen MR) is 44.9 cm³/mol. The number of nitrogens with zero attached hydrogens (tertiary/aromatic N) is 2. The summed E-state index contributed by atoms with van der Waals surface area (Å²) < 4.78 is 5.65. The molecule has 0 saturated heterocycles. The van der Waals surface area contributed by atoms with Gasteiger partial charge in [-0.1, -0.05) is 11.6 Å². The molecule has 70 valence electrons. The maximum absolute atomic E-state index is 11.0. The highest BCUT2D eigenvalue weighted by atomic mass is 35.5. The number of halogens is 1. The Morgan fingerprint density at radius 3 is 2.77 bits per heavy atom. The first kappa shape index (κ1) is 9.73. The fourth-order valence-corrected chi connectivity index (χ4v) is 1.04. The molecule has 0 aromatic carbocycles. The first-order valence-electron chi connectivity index (χ1n) is 3.37. The lowest BCUT2D eigenvalue weighted by molar-refractivity contribution is 0.0591. The van der Waals surface area contributed by atoms with Crippen LogP contribution in [0.1, 0.15) is 20.8 Å². The number of rotatable bonds is 2. The van der Waals surface area contributed by atoms with Crippen LogP contribution in [0.15, 0.2) is 0 Å². The van der Waals surface area contributed by atoms with E-state index in [-0.39, 0.29) is 16.4 Å². The van der Waals surface area contributed by atoms with Crippen LogP contribution in [0.25, 0.3) is 0 Å². The van der Waals surface area contributed by atoms with Crippen molar-refractivity contribution in [2.45, 2.75) is 0 Å². The molecule has 1 aromatic heterocycles. The number of hydrogen-bond acceptors (Lipinski definition) is 4. The van der Waals surface area contributed by atoms with Gasteiger partial charge in [-0.2, -0.15) is 5.10 Å². The predicted octanol–water partition coefficient (Wildman–Crippen LogP) is 0.673. The molecular formula is C7H7ClN2O3. The summed E-state index contributed by atoms with van der Waals surface area (Å²) in [7, 11) is 2.74. The minimum absolute atomic E-state index is 0.0519. The summed E-state index contributed by atoms with van der Waals surface area (Å²) in [6.45, 7) is 0. The van der Waals surface area contributed by atoms with E-state index in [1.165, 1.54) is 18.8 Å². The van der Waals surface area contributed by atoms with E-state index in [1.807, 2.05) is 0 Å². The normalized spacial score (nSPS) is 9.77. The molecule has 0 radical (unpaired) electrons. The number of aldehydes is 1. The zero-order chi connectivity index (χ0) is 10.0. The Kier molecular flexibility index (Phi) is 2.67. The zero-order valence-corrected chi connectivity index (χ0v) is 7.83. The van der Waals surface area contributed by atoms with Gasteiger partial charge in [0.15, 0.2) is 12.0 Å². The Hall–Kier alpha value is -1.36. The van der Waals surface area contributed by atoms with Gasteiger partial charge in [0.1, 0.15) is 5.15 Å². The zero-order valence-electron chi connectivity index (χ0n) is 7.07. The van der Waals surface area contributed by atoms with Crippen molar-refractivity contribution in [3.05, 3.63) is 16.4 Å². The second-order valence-electron chi connectivity index (χ2n) is 2.29. The summed E-state index contributed by atoms with van der Waals surface area (Å²) in [6, 6.07) is 0. The molecule has 0 saturated carbocycles. The maximum Gasteiger partial charge on any atom is 0.359 e. The van der Waals surface area contributed by atoms with Gasteiger partial charge in [-0.05, 0) is 0 Å². The van der Waals surface area contributed by atoms with Gasteiger partial charge in [0.2, 0.25) is 0 Å². The van der Waals surface area contributed by atoms with E-state index in [0.717, 1.165) is 0 Å². The third-order valence-electron chi connectivity index (χ3n) is 1.51. The molecule has 1 heterocycles. The van der Waals surface area contributed by atoms with Crippen molar-refractivity contribution in [3.63, 3.8) is 0 Å². The van der Waals surface area contributed by atoms with Crippen LogP contribution in [0.5, 0.6) is 0 Å². The summed E-state index contributed by atoms with van der Waals surface area (Å²) in [5.74, 6) is -0.676. The van der Waals surface area contributed by atoms with Gasteiger partial charge in [-0.25, -0.2) is 4.79 Å². The van der Waals surface area contributed by atoms with Crippen molar-refractivity contribution < 1.29 is 14.3 Å². The standard InChI is InChI=1S/C7H7ClN2O3/c1-10-6(8)4(3-11)5(9-10)7(12)13-2/h3H,1-2H3. The second-order valence-corrected chi connectivity index (χ2v) is 2.64. The average molecular weight is 203 g/mol. The van der Waals surface area contributed by atoms with Crippen LogP contribution in [0.2, 0.25) is 5.15 Å². The summed E-state index contributed by atoms with van der Waals surface area (Å²) in [5, 5.41) is 3.85. The van der Waals surface area contributed by atoms with E-state index in [0.29, 0.717) is 6.29 Å². The molecule has 1 rings (SSSR count). The maximum atomic E-state index is 11.0. The lowest BCUT2D eigenvalue weighted by atomic mass is 10.3. The highest BCUT2D eigenvalue weighted by molar-refractivity contribution is 6.32. The molecule has 0 atom stereocenters. The molecule has 0 N–H and O–H groups in total. The molecule has 0 amide bonds. The highest BCUT2D eigenvalue weighted by Gasteiger charge is 2.20. The summed E-state index contributed by atoms with van der Waals surface area (Å²) in [4.78, 5) is 21.6. The van der Waals surface area contributed by atoms with Gasteiger partial charge in [-0.15, -0.1) is 0 Å². The second kappa shape index (κ2) is 3.57. The van der Waals surface area contributed by atoms with Gasteiger partial charge < -0.3 is 4.74 Å². The lowest BCUT2D eigenvalue weighted by Crippen LogP contribution is -2.05. The van der Waals surface area contributed by atoms with Gasteiger partial charge in [-0.3, -0.25) is 9.48 Å². The van der Waals surface area contributed by atoms with E-state index >= 15 is 0 Å². The lowest BCUT2D eigenvalue weighted by Gasteiger charge is -1.92. The first-order valence-corrected chi connectivity index (χ1v) is 3.75. The highest BCUT2D eigenvalue weighted by Crippen LogP contribution is 2.17. The van der Waals surface area contributed by atoms with Crippen LogP contribution in [-0.4, -0.2) is 29.1 Å².